The van der Waals surface area contributed by atoms with Crippen molar-refractivity contribution in [1.82, 2.24) is 15.0 Å². The summed E-state index contributed by atoms with van der Waals surface area (Å²) in [6.45, 7) is 5.92. The molecule has 0 spiro atoms. The average molecular weight is 182 g/mol. The first kappa shape index (κ1) is 9.70. The average Bonchev–Trinajstić information content (AvgIpc) is 2.46. The van der Waals surface area contributed by atoms with Crippen LogP contribution in [0.5, 0.6) is 0 Å². The van der Waals surface area contributed by atoms with Crippen LogP contribution in [0.25, 0.3) is 0 Å². The Kier molecular flexibility index (Phi) is 2.65. The fourth-order valence-corrected chi connectivity index (χ4v) is 1.25. The summed E-state index contributed by atoms with van der Waals surface area (Å²) >= 11 is 0. The van der Waals surface area contributed by atoms with Crippen molar-refractivity contribution in [3.8, 4) is 0 Å². The van der Waals surface area contributed by atoms with Gasteiger partial charge in [-0.1, -0.05) is 12.1 Å². The summed E-state index contributed by atoms with van der Waals surface area (Å²) in [6, 6.07) is 0.204. The second kappa shape index (κ2) is 3.55. The third-order valence-electron chi connectivity index (χ3n) is 1.85. The minimum absolute atomic E-state index is 0.204. The minimum atomic E-state index is -0.510. The van der Waals surface area contributed by atoms with Gasteiger partial charge in [-0.15, -0.1) is 5.10 Å². The molecule has 1 amide bonds. The van der Waals surface area contributed by atoms with E-state index in [1.807, 2.05) is 20.8 Å². The number of carbonyl (C=O) groups excluding carboxylic acids is 1. The maximum absolute atomic E-state index is 10.9. The number of primary amides is 1. The number of nitrogens with zero attached hydrogens (tertiary/aromatic N) is 3. The van der Waals surface area contributed by atoms with E-state index in [4.69, 9.17) is 5.73 Å². The summed E-state index contributed by atoms with van der Waals surface area (Å²) < 4.78 is 1.72. The molecule has 0 aromatic carbocycles. The summed E-state index contributed by atoms with van der Waals surface area (Å²) in [5.41, 5.74) is 6.24. The molecule has 0 bridgehead atoms. The normalized spacial score (nSPS) is 10.8. The van der Waals surface area contributed by atoms with Crippen molar-refractivity contribution in [2.75, 3.05) is 0 Å². The molecule has 0 aliphatic rings. The van der Waals surface area contributed by atoms with Crippen LogP contribution >= 0.6 is 0 Å². The Morgan fingerprint density at radius 2 is 2.23 bits per heavy atom. The van der Waals surface area contributed by atoms with Gasteiger partial charge in [0.25, 0.3) is 5.91 Å². The van der Waals surface area contributed by atoms with Gasteiger partial charge in [0.2, 0.25) is 0 Å². The summed E-state index contributed by atoms with van der Waals surface area (Å²) in [4.78, 5) is 10.9. The third kappa shape index (κ3) is 1.68. The number of nitrogens with two attached hydrogens (primary N) is 1. The molecule has 5 heteroatoms. The van der Waals surface area contributed by atoms with Crippen LogP contribution in [0.3, 0.4) is 0 Å². The van der Waals surface area contributed by atoms with Crippen LogP contribution in [0.4, 0.5) is 0 Å². The molecule has 13 heavy (non-hydrogen) atoms. The van der Waals surface area contributed by atoms with E-state index in [1.54, 1.807) is 4.68 Å². The van der Waals surface area contributed by atoms with Gasteiger partial charge in [-0.2, -0.15) is 0 Å². The number of hydrogen-bond acceptors (Lipinski definition) is 3. The predicted octanol–water partition coefficient (Wildman–Crippen LogP) is 0.520. The standard InChI is InChI=1S/C8H14N4O/c1-4-6-7(8(9)13)10-11-12(6)5(2)3/h5H,4H2,1-3H3,(H2,9,13). The number of amides is 1. The molecule has 72 valence electrons. The molecule has 0 aliphatic heterocycles. The van der Waals surface area contributed by atoms with E-state index >= 15 is 0 Å². The second-order valence-corrected chi connectivity index (χ2v) is 3.14. The van der Waals surface area contributed by atoms with E-state index in [9.17, 15) is 4.79 Å². The maximum atomic E-state index is 10.9. The minimum Gasteiger partial charge on any atom is -0.364 e. The van der Waals surface area contributed by atoms with E-state index in [2.05, 4.69) is 10.3 Å². The van der Waals surface area contributed by atoms with Crippen LogP contribution in [0.15, 0.2) is 0 Å². The zero-order valence-corrected chi connectivity index (χ0v) is 8.11. The zero-order valence-electron chi connectivity index (χ0n) is 8.11. The molecule has 0 fully saturated rings. The molecule has 5 nitrogen and oxygen atoms in total. The molecular weight excluding hydrogens is 168 g/mol. The third-order valence-corrected chi connectivity index (χ3v) is 1.85. The summed E-state index contributed by atoms with van der Waals surface area (Å²) in [7, 11) is 0. The largest absolute Gasteiger partial charge is 0.364 e. The fraction of sp³-hybridized carbons (Fsp3) is 0.625. The first-order valence-corrected chi connectivity index (χ1v) is 4.31. The van der Waals surface area contributed by atoms with Gasteiger partial charge < -0.3 is 5.73 Å². The Morgan fingerprint density at radius 1 is 1.62 bits per heavy atom. The summed E-state index contributed by atoms with van der Waals surface area (Å²) in [6.07, 6.45) is 0.712. The van der Waals surface area contributed by atoms with E-state index < -0.39 is 5.91 Å². The van der Waals surface area contributed by atoms with Gasteiger partial charge >= 0.3 is 0 Å². The van der Waals surface area contributed by atoms with Crippen molar-refractivity contribution in [2.24, 2.45) is 5.73 Å². The second-order valence-electron chi connectivity index (χ2n) is 3.14. The van der Waals surface area contributed by atoms with Gasteiger partial charge in [-0.05, 0) is 20.3 Å². The number of hydrogen-bond donors (Lipinski definition) is 1. The smallest absolute Gasteiger partial charge is 0.271 e. The van der Waals surface area contributed by atoms with Crippen molar-refractivity contribution >= 4 is 5.91 Å². The quantitative estimate of drug-likeness (QED) is 0.740. The Balaban J connectivity index is 3.18. The van der Waals surface area contributed by atoms with Gasteiger partial charge in [0.1, 0.15) is 0 Å². The Bertz CT molecular complexity index is 316. The van der Waals surface area contributed by atoms with Crippen molar-refractivity contribution in [1.29, 1.82) is 0 Å². The van der Waals surface area contributed by atoms with Crippen molar-refractivity contribution in [2.45, 2.75) is 33.2 Å². The van der Waals surface area contributed by atoms with Gasteiger partial charge in [-0.3, -0.25) is 4.79 Å². The van der Waals surface area contributed by atoms with Crippen LogP contribution in [-0.2, 0) is 6.42 Å². The van der Waals surface area contributed by atoms with E-state index in [1.165, 1.54) is 0 Å². The number of rotatable bonds is 3. The Morgan fingerprint density at radius 3 is 2.62 bits per heavy atom. The van der Waals surface area contributed by atoms with Gasteiger partial charge in [-0.25, -0.2) is 4.68 Å². The molecule has 1 heterocycles. The first-order chi connectivity index (χ1) is 6.07. The van der Waals surface area contributed by atoms with Crippen molar-refractivity contribution in [3.05, 3.63) is 11.4 Å². The van der Waals surface area contributed by atoms with Crippen LogP contribution in [0.1, 0.15) is 43.0 Å². The first-order valence-electron chi connectivity index (χ1n) is 4.31. The molecule has 2 N–H and O–H groups in total. The van der Waals surface area contributed by atoms with Crippen LogP contribution in [0, 0.1) is 0 Å². The SMILES string of the molecule is CCc1c(C(N)=O)nnn1C(C)C. The monoisotopic (exact) mass is 182 g/mol. The Labute approximate surface area is 76.9 Å². The van der Waals surface area contributed by atoms with Gasteiger partial charge in [0, 0.05) is 6.04 Å². The topological polar surface area (TPSA) is 73.8 Å². The van der Waals surface area contributed by atoms with Crippen LogP contribution in [0.2, 0.25) is 0 Å². The van der Waals surface area contributed by atoms with E-state index in [-0.39, 0.29) is 11.7 Å². The molecule has 0 aliphatic carbocycles. The zero-order chi connectivity index (χ0) is 10.0. The molecule has 0 saturated heterocycles. The molecule has 0 radical (unpaired) electrons. The molecule has 1 aromatic rings. The lowest BCUT2D eigenvalue weighted by Gasteiger charge is -2.07. The van der Waals surface area contributed by atoms with Crippen molar-refractivity contribution < 1.29 is 4.79 Å². The maximum Gasteiger partial charge on any atom is 0.271 e. The highest BCUT2D eigenvalue weighted by atomic mass is 16.1. The van der Waals surface area contributed by atoms with Gasteiger partial charge in [0.05, 0.1) is 5.69 Å². The highest BCUT2D eigenvalue weighted by Gasteiger charge is 2.16. The highest BCUT2D eigenvalue weighted by molar-refractivity contribution is 5.91. The molecule has 0 atom stereocenters. The fourth-order valence-electron chi connectivity index (χ4n) is 1.25. The van der Waals surface area contributed by atoms with Crippen molar-refractivity contribution in [3.63, 3.8) is 0 Å². The van der Waals surface area contributed by atoms with Gasteiger partial charge in [0.15, 0.2) is 5.69 Å². The lowest BCUT2D eigenvalue weighted by atomic mass is 10.2. The lowest BCUT2D eigenvalue weighted by Crippen LogP contribution is -2.15. The lowest BCUT2D eigenvalue weighted by molar-refractivity contribution is 0.0994. The number of aromatic nitrogens is 3. The van der Waals surface area contributed by atoms with Crippen LogP contribution < -0.4 is 5.73 Å². The number of carbonyl (C=O) groups is 1. The Hall–Kier alpha value is -1.39. The van der Waals surface area contributed by atoms with Crippen LogP contribution in [-0.4, -0.2) is 20.9 Å². The molecule has 1 aromatic heterocycles. The molecule has 0 saturated carbocycles. The predicted molar refractivity (Wildman–Crippen MR) is 48.3 cm³/mol. The summed E-state index contributed by atoms with van der Waals surface area (Å²) in [5.74, 6) is -0.510. The molecule has 0 unspecified atom stereocenters. The van der Waals surface area contributed by atoms with E-state index in [0.29, 0.717) is 6.42 Å². The summed E-state index contributed by atoms with van der Waals surface area (Å²) in [5, 5.41) is 7.62. The molecule has 1 rings (SSSR count). The van der Waals surface area contributed by atoms with E-state index in [0.717, 1.165) is 5.69 Å². The highest BCUT2D eigenvalue weighted by Crippen LogP contribution is 2.11. The molecular formula is C8H14N4O.